The molecule has 0 aromatic heterocycles. The van der Waals surface area contributed by atoms with E-state index in [9.17, 15) is 4.79 Å². The van der Waals surface area contributed by atoms with E-state index in [-0.39, 0.29) is 5.92 Å². The van der Waals surface area contributed by atoms with Crippen molar-refractivity contribution < 1.29 is 9.90 Å². The van der Waals surface area contributed by atoms with E-state index < -0.39 is 5.97 Å². The Morgan fingerprint density at radius 1 is 0.944 bits per heavy atom. The van der Waals surface area contributed by atoms with Gasteiger partial charge in [0.05, 0.1) is 5.92 Å². The monoisotopic (exact) mass is 256 g/mol. The zero-order valence-corrected chi connectivity index (χ0v) is 11.9. The number of carbonyl (C=O) groups is 1. The lowest BCUT2D eigenvalue weighted by Gasteiger charge is -2.24. The van der Waals surface area contributed by atoms with Crippen LogP contribution in [0, 0.1) is 11.8 Å². The Bertz CT molecular complexity index is 232. The average molecular weight is 256 g/mol. The van der Waals surface area contributed by atoms with Gasteiger partial charge in [0, 0.05) is 18.6 Å². The molecule has 2 fully saturated rings. The molecule has 4 nitrogen and oxygen atoms in total. The molecule has 0 aromatic rings. The first-order chi connectivity index (χ1) is 8.49. The molecular formula is C14H28N2O2. The number of hydrogen-bond acceptors (Lipinski definition) is 3. The first-order valence-electron chi connectivity index (χ1n) is 7.18. The third kappa shape index (κ3) is 5.83. The molecule has 0 saturated carbocycles. The van der Waals surface area contributed by atoms with Crippen LogP contribution in [0.1, 0.15) is 46.5 Å². The molecule has 2 saturated heterocycles. The maximum absolute atomic E-state index is 10.4. The number of carboxylic acid groups (broad SMARTS) is 1. The van der Waals surface area contributed by atoms with Crippen LogP contribution in [0.4, 0.5) is 0 Å². The highest BCUT2D eigenvalue weighted by Crippen LogP contribution is 2.13. The highest BCUT2D eigenvalue weighted by Gasteiger charge is 2.22. The molecular weight excluding hydrogens is 228 g/mol. The molecule has 0 radical (unpaired) electrons. The van der Waals surface area contributed by atoms with Crippen molar-refractivity contribution in [2.24, 2.45) is 11.8 Å². The molecule has 2 rings (SSSR count). The van der Waals surface area contributed by atoms with Gasteiger partial charge in [-0.3, -0.25) is 4.79 Å². The number of hydrogen-bond donors (Lipinski definition) is 3. The summed E-state index contributed by atoms with van der Waals surface area (Å²) in [6.07, 6.45) is 4.58. The van der Waals surface area contributed by atoms with Gasteiger partial charge in [-0.25, -0.2) is 0 Å². The maximum Gasteiger partial charge on any atom is 0.307 e. The third-order valence-electron chi connectivity index (χ3n) is 3.92. The Balaban J connectivity index is 0.000000184. The topological polar surface area (TPSA) is 61.4 Å². The molecule has 4 unspecified atom stereocenters. The molecule has 4 atom stereocenters. The van der Waals surface area contributed by atoms with E-state index in [1.54, 1.807) is 0 Å². The van der Waals surface area contributed by atoms with Crippen LogP contribution in [0.15, 0.2) is 0 Å². The molecule has 2 aliphatic heterocycles. The maximum atomic E-state index is 10.4. The summed E-state index contributed by atoms with van der Waals surface area (Å²) in [6.45, 7) is 8.50. The largest absolute Gasteiger partial charge is 0.481 e. The lowest BCUT2D eigenvalue weighted by atomic mass is 9.96. The molecule has 4 heteroatoms. The van der Waals surface area contributed by atoms with Gasteiger partial charge in [-0.2, -0.15) is 0 Å². The Labute approximate surface area is 111 Å². The molecule has 0 bridgehead atoms. The summed E-state index contributed by atoms with van der Waals surface area (Å²) >= 11 is 0. The highest BCUT2D eigenvalue weighted by atomic mass is 16.4. The number of rotatable bonds is 1. The third-order valence-corrected chi connectivity index (χ3v) is 3.92. The number of carboxylic acids is 1. The van der Waals surface area contributed by atoms with Crippen LogP contribution in [-0.4, -0.2) is 36.2 Å². The highest BCUT2D eigenvalue weighted by molar-refractivity contribution is 5.70. The summed E-state index contributed by atoms with van der Waals surface area (Å²) in [7, 11) is 0. The van der Waals surface area contributed by atoms with E-state index in [0.29, 0.717) is 12.6 Å². The smallest absolute Gasteiger partial charge is 0.307 e. The van der Waals surface area contributed by atoms with Gasteiger partial charge >= 0.3 is 5.97 Å². The van der Waals surface area contributed by atoms with Gasteiger partial charge in [0.2, 0.25) is 0 Å². The summed E-state index contributed by atoms with van der Waals surface area (Å²) in [5.74, 6) is 0.0850. The minimum Gasteiger partial charge on any atom is -0.481 e. The van der Waals surface area contributed by atoms with E-state index in [4.69, 9.17) is 5.11 Å². The summed E-state index contributed by atoms with van der Waals surface area (Å²) in [5, 5.41) is 15.1. The fraction of sp³-hybridized carbons (Fsp3) is 0.929. The SMILES string of the molecule is CC1CCC(C(=O)O)CN1.CC1CCC(C)NC1. The number of piperidine rings is 2. The van der Waals surface area contributed by atoms with Crippen molar-refractivity contribution in [2.75, 3.05) is 13.1 Å². The van der Waals surface area contributed by atoms with Crippen LogP contribution >= 0.6 is 0 Å². The second kappa shape index (κ2) is 7.74. The second-order valence-corrected chi connectivity index (χ2v) is 5.91. The molecule has 18 heavy (non-hydrogen) atoms. The fourth-order valence-electron chi connectivity index (χ4n) is 2.35. The zero-order valence-electron chi connectivity index (χ0n) is 11.9. The molecule has 3 N–H and O–H groups in total. The minimum absolute atomic E-state index is 0.156. The normalized spacial score (nSPS) is 36.4. The predicted molar refractivity (Wildman–Crippen MR) is 73.7 cm³/mol. The van der Waals surface area contributed by atoms with Gasteiger partial charge in [-0.15, -0.1) is 0 Å². The Kier molecular flexibility index (Phi) is 6.65. The Morgan fingerprint density at radius 2 is 1.50 bits per heavy atom. The van der Waals surface area contributed by atoms with Crippen molar-refractivity contribution >= 4 is 5.97 Å². The van der Waals surface area contributed by atoms with Crippen molar-refractivity contribution in [2.45, 2.75) is 58.5 Å². The standard InChI is InChI=1S/C7H13NO2.C7H15N/c1-5-2-3-6(4-8-5)7(9)10;1-6-3-4-7(2)8-5-6/h5-6,8H,2-4H2,1H3,(H,9,10);6-8H,3-5H2,1-2H3. The van der Waals surface area contributed by atoms with Crippen LogP contribution in [0.25, 0.3) is 0 Å². The van der Waals surface area contributed by atoms with E-state index in [1.807, 2.05) is 0 Å². The average Bonchev–Trinajstić information content (AvgIpc) is 2.34. The van der Waals surface area contributed by atoms with Gasteiger partial charge in [-0.1, -0.05) is 6.92 Å². The minimum atomic E-state index is -0.667. The van der Waals surface area contributed by atoms with Gasteiger partial charge in [0.15, 0.2) is 0 Å². The first kappa shape index (κ1) is 15.4. The van der Waals surface area contributed by atoms with Crippen LogP contribution in [0.2, 0.25) is 0 Å². The molecule has 0 aromatic carbocycles. The molecule has 0 aliphatic carbocycles. The van der Waals surface area contributed by atoms with Crippen molar-refractivity contribution in [1.82, 2.24) is 10.6 Å². The van der Waals surface area contributed by atoms with Crippen molar-refractivity contribution in [3.63, 3.8) is 0 Å². The Hall–Kier alpha value is -0.610. The molecule has 106 valence electrons. The summed E-state index contributed by atoms with van der Waals surface area (Å²) in [6, 6.07) is 1.27. The lowest BCUT2D eigenvalue weighted by Crippen LogP contribution is -2.39. The summed E-state index contributed by atoms with van der Waals surface area (Å²) in [4.78, 5) is 10.4. The quantitative estimate of drug-likeness (QED) is 0.670. The van der Waals surface area contributed by atoms with E-state index in [0.717, 1.165) is 24.8 Å². The number of nitrogens with one attached hydrogen (secondary N) is 2. The molecule has 2 aliphatic rings. The van der Waals surface area contributed by atoms with Gasteiger partial charge < -0.3 is 15.7 Å². The molecule has 2 heterocycles. The molecule has 0 spiro atoms. The van der Waals surface area contributed by atoms with E-state index in [1.165, 1.54) is 19.4 Å². The van der Waals surface area contributed by atoms with Crippen LogP contribution < -0.4 is 10.6 Å². The Morgan fingerprint density at radius 3 is 1.83 bits per heavy atom. The van der Waals surface area contributed by atoms with Gasteiger partial charge in [-0.05, 0) is 52.0 Å². The summed E-state index contributed by atoms with van der Waals surface area (Å²) in [5.41, 5.74) is 0. The van der Waals surface area contributed by atoms with Gasteiger partial charge in [0.25, 0.3) is 0 Å². The van der Waals surface area contributed by atoms with Crippen LogP contribution in [0.5, 0.6) is 0 Å². The van der Waals surface area contributed by atoms with E-state index in [2.05, 4.69) is 31.4 Å². The van der Waals surface area contributed by atoms with Crippen LogP contribution in [0.3, 0.4) is 0 Å². The van der Waals surface area contributed by atoms with Crippen molar-refractivity contribution in [3.05, 3.63) is 0 Å². The van der Waals surface area contributed by atoms with E-state index >= 15 is 0 Å². The zero-order chi connectivity index (χ0) is 13.5. The fourth-order valence-corrected chi connectivity index (χ4v) is 2.35. The molecule has 0 amide bonds. The number of aliphatic carboxylic acids is 1. The first-order valence-corrected chi connectivity index (χ1v) is 7.18. The van der Waals surface area contributed by atoms with Crippen LogP contribution in [-0.2, 0) is 4.79 Å². The van der Waals surface area contributed by atoms with Gasteiger partial charge in [0.1, 0.15) is 0 Å². The summed E-state index contributed by atoms with van der Waals surface area (Å²) < 4.78 is 0. The van der Waals surface area contributed by atoms with Crippen molar-refractivity contribution in [3.8, 4) is 0 Å². The predicted octanol–water partition coefficient (Wildman–Crippen LogP) is 1.85. The van der Waals surface area contributed by atoms with Crippen molar-refractivity contribution in [1.29, 1.82) is 0 Å². The second-order valence-electron chi connectivity index (χ2n) is 5.91. The lowest BCUT2D eigenvalue weighted by molar-refractivity contribution is -0.142.